The van der Waals surface area contributed by atoms with Gasteiger partial charge in [-0.2, -0.15) is 0 Å². The number of aliphatic hydroxyl groups excluding tert-OH is 1. The SMILES string of the molecule is CC(C)(C)OC[C@@H](O)CN1CCO[C@H](CN(CCN2CCOCC2)C(=O)Cc2ccccc2)C1. The molecule has 2 fully saturated rings. The third-order valence-electron chi connectivity index (χ3n) is 6.17. The molecule has 8 heteroatoms. The zero-order valence-electron chi connectivity index (χ0n) is 21.2. The largest absolute Gasteiger partial charge is 0.389 e. The van der Waals surface area contributed by atoms with Crippen molar-refractivity contribution in [2.45, 2.75) is 45.0 Å². The molecule has 0 saturated carbocycles. The second-order valence-electron chi connectivity index (χ2n) is 10.3. The third kappa shape index (κ3) is 9.98. The maximum absolute atomic E-state index is 13.3. The average Bonchev–Trinajstić information content (AvgIpc) is 2.81. The van der Waals surface area contributed by atoms with Gasteiger partial charge in [-0.05, 0) is 26.3 Å². The number of hydrogen-bond donors (Lipinski definition) is 1. The molecule has 2 aliphatic heterocycles. The van der Waals surface area contributed by atoms with E-state index < -0.39 is 6.10 Å². The number of carbonyl (C=O) groups is 1. The average molecular weight is 478 g/mol. The van der Waals surface area contributed by atoms with Crippen molar-refractivity contribution in [1.29, 1.82) is 0 Å². The zero-order chi connectivity index (χ0) is 24.4. The number of rotatable bonds is 11. The van der Waals surface area contributed by atoms with E-state index in [-0.39, 0.29) is 17.6 Å². The van der Waals surface area contributed by atoms with Crippen LogP contribution in [0.3, 0.4) is 0 Å². The summed E-state index contributed by atoms with van der Waals surface area (Å²) in [5, 5.41) is 10.4. The highest BCUT2D eigenvalue weighted by Gasteiger charge is 2.27. The number of β-amino-alcohol motifs (C(OH)–C–C–N with tert-alkyl or cyclic N) is 1. The second kappa shape index (κ2) is 13.5. The van der Waals surface area contributed by atoms with Gasteiger partial charge in [0.1, 0.15) is 0 Å². The fourth-order valence-corrected chi connectivity index (χ4v) is 4.29. The molecule has 0 bridgehead atoms. The Morgan fingerprint density at radius 2 is 1.85 bits per heavy atom. The summed E-state index contributed by atoms with van der Waals surface area (Å²) in [5.41, 5.74) is 0.756. The molecule has 8 nitrogen and oxygen atoms in total. The molecule has 3 rings (SSSR count). The number of benzene rings is 1. The summed E-state index contributed by atoms with van der Waals surface area (Å²) in [6.45, 7) is 14.3. The van der Waals surface area contributed by atoms with Gasteiger partial charge in [-0.15, -0.1) is 0 Å². The number of ether oxygens (including phenoxy) is 3. The standard InChI is InChI=1S/C26H43N3O5/c1-26(2,3)34-21-23(30)18-28-13-16-33-24(19-28)20-29(10-9-27-11-14-32-15-12-27)25(31)17-22-7-5-4-6-8-22/h4-8,23-24,30H,9-21H2,1-3H3/t23-,24-/m0/s1. The first-order valence-corrected chi connectivity index (χ1v) is 12.6. The molecule has 2 heterocycles. The first-order valence-electron chi connectivity index (χ1n) is 12.6. The zero-order valence-corrected chi connectivity index (χ0v) is 21.2. The van der Waals surface area contributed by atoms with Crippen LogP contribution in [0.25, 0.3) is 0 Å². The van der Waals surface area contributed by atoms with Crippen molar-refractivity contribution >= 4 is 5.91 Å². The lowest BCUT2D eigenvalue weighted by Gasteiger charge is -2.37. The maximum Gasteiger partial charge on any atom is 0.227 e. The number of amides is 1. The molecule has 1 N–H and O–H groups in total. The highest BCUT2D eigenvalue weighted by molar-refractivity contribution is 5.78. The van der Waals surface area contributed by atoms with Gasteiger partial charge in [-0.25, -0.2) is 0 Å². The van der Waals surface area contributed by atoms with Crippen LogP contribution in [0.15, 0.2) is 30.3 Å². The molecule has 1 amide bonds. The van der Waals surface area contributed by atoms with Crippen LogP contribution in [0.1, 0.15) is 26.3 Å². The number of aliphatic hydroxyl groups is 1. The predicted molar refractivity (Wildman–Crippen MR) is 132 cm³/mol. The van der Waals surface area contributed by atoms with Gasteiger partial charge in [0.2, 0.25) is 5.91 Å². The van der Waals surface area contributed by atoms with Crippen LogP contribution in [-0.2, 0) is 25.4 Å². The molecule has 2 saturated heterocycles. The van der Waals surface area contributed by atoms with Crippen molar-refractivity contribution in [2.75, 3.05) is 78.8 Å². The van der Waals surface area contributed by atoms with Gasteiger partial charge in [-0.3, -0.25) is 14.6 Å². The van der Waals surface area contributed by atoms with Gasteiger partial charge >= 0.3 is 0 Å². The van der Waals surface area contributed by atoms with Crippen LogP contribution in [0.2, 0.25) is 0 Å². The lowest BCUT2D eigenvalue weighted by atomic mass is 10.1. The predicted octanol–water partition coefficient (Wildman–Crippen LogP) is 1.27. The Bertz CT molecular complexity index is 721. The van der Waals surface area contributed by atoms with E-state index in [0.29, 0.717) is 45.8 Å². The fourth-order valence-electron chi connectivity index (χ4n) is 4.29. The van der Waals surface area contributed by atoms with E-state index in [1.807, 2.05) is 56.0 Å². The van der Waals surface area contributed by atoms with Crippen molar-refractivity contribution in [2.24, 2.45) is 0 Å². The Morgan fingerprint density at radius 3 is 2.56 bits per heavy atom. The van der Waals surface area contributed by atoms with Crippen molar-refractivity contribution in [3.05, 3.63) is 35.9 Å². The van der Waals surface area contributed by atoms with Crippen molar-refractivity contribution in [3.8, 4) is 0 Å². The molecule has 2 aliphatic rings. The topological polar surface area (TPSA) is 74.7 Å². The fraction of sp³-hybridized carbons (Fsp3) is 0.731. The van der Waals surface area contributed by atoms with Crippen LogP contribution >= 0.6 is 0 Å². The quantitative estimate of drug-likeness (QED) is 0.514. The summed E-state index contributed by atoms with van der Waals surface area (Å²) in [4.78, 5) is 19.8. The van der Waals surface area contributed by atoms with Crippen LogP contribution in [0, 0.1) is 0 Å². The minimum absolute atomic E-state index is 0.0751. The molecule has 192 valence electrons. The number of morpholine rings is 2. The molecular weight excluding hydrogens is 434 g/mol. The van der Waals surface area contributed by atoms with Gasteiger partial charge in [0.05, 0.1) is 50.7 Å². The molecule has 1 aromatic rings. The molecule has 0 unspecified atom stereocenters. The molecular formula is C26H43N3O5. The Hall–Kier alpha value is -1.55. The van der Waals surface area contributed by atoms with E-state index in [2.05, 4.69) is 9.80 Å². The summed E-state index contributed by atoms with van der Waals surface area (Å²) in [6.07, 6.45) is -0.229. The number of hydrogen-bond acceptors (Lipinski definition) is 7. The highest BCUT2D eigenvalue weighted by Crippen LogP contribution is 2.12. The van der Waals surface area contributed by atoms with Gasteiger partial charge in [-0.1, -0.05) is 30.3 Å². The van der Waals surface area contributed by atoms with Crippen molar-refractivity contribution < 1.29 is 24.1 Å². The highest BCUT2D eigenvalue weighted by atomic mass is 16.5. The molecule has 1 aromatic carbocycles. The van der Waals surface area contributed by atoms with E-state index in [1.54, 1.807) is 0 Å². The van der Waals surface area contributed by atoms with Gasteiger partial charge in [0.15, 0.2) is 0 Å². The normalized spacial score (nSPS) is 21.4. The second-order valence-corrected chi connectivity index (χ2v) is 10.3. The monoisotopic (exact) mass is 477 g/mol. The minimum atomic E-state index is -0.546. The van der Waals surface area contributed by atoms with Crippen LogP contribution < -0.4 is 0 Å². The maximum atomic E-state index is 13.3. The van der Waals surface area contributed by atoms with Crippen LogP contribution in [0.4, 0.5) is 0 Å². The Kier molecular flexibility index (Phi) is 10.8. The minimum Gasteiger partial charge on any atom is -0.389 e. The van der Waals surface area contributed by atoms with E-state index in [0.717, 1.165) is 45.0 Å². The lowest BCUT2D eigenvalue weighted by Crippen LogP contribution is -2.52. The summed E-state index contributed by atoms with van der Waals surface area (Å²) in [7, 11) is 0. The first-order chi connectivity index (χ1) is 16.3. The number of carbonyl (C=O) groups excluding carboxylic acids is 1. The molecule has 0 spiro atoms. The Morgan fingerprint density at radius 1 is 1.15 bits per heavy atom. The summed E-state index contributed by atoms with van der Waals surface area (Å²) >= 11 is 0. The van der Waals surface area contributed by atoms with Crippen molar-refractivity contribution in [1.82, 2.24) is 14.7 Å². The van der Waals surface area contributed by atoms with Gasteiger partial charge in [0, 0.05) is 52.4 Å². The number of nitrogens with zero attached hydrogens (tertiary/aromatic N) is 3. The molecule has 2 atom stereocenters. The van der Waals surface area contributed by atoms with Crippen LogP contribution in [0.5, 0.6) is 0 Å². The van der Waals surface area contributed by atoms with E-state index >= 15 is 0 Å². The summed E-state index contributed by atoms with van der Waals surface area (Å²) < 4.78 is 17.2. The third-order valence-corrected chi connectivity index (χ3v) is 6.17. The van der Waals surface area contributed by atoms with E-state index in [1.165, 1.54) is 0 Å². The van der Waals surface area contributed by atoms with E-state index in [9.17, 15) is 9.90 Å². The molecule has 0 aromatic heterocycles. The van der Waals surface area contributed by atoms with Crippen molar-refractivity contribution in [3.63, 3.8) is 0 Å². The summed E-state index contributed by atoms with van der Waals surface area (Å²) in [6, 6.07) is 9.90. The Balaban J connectivity index is 1.54. The van der Waals surface area contributed by atoms with Gasteiger partial charge < -0.3 is 24.2 Å². The molecule has 0 aliphatic carbocycles. The summed E-state index contributed by atoms with van der Waals surface area (Å²) in [5.74, 6) is 0.124. The lowest BCUT2D eigenvalue weighted by molar-refractivity contribution is -0.134. The van der Waals surface area contributed by atoms with E-state index in [4.69, 9.17) is 14.2 Å². The van der Waals surface area contributed by atoms with Gasteiger partial charge in [0.25, 0.3) is 0 Å². The molecule has 0 radical (unpaired) electrons. The first kappa shape index (κ1) is 27.0. The Labute approximate surface area is 204 Å². The molecule has 34 heavy (non-hydrogen) atoms. The smallest absolute Gasteiger partial charge is 0.227 e. The van der Waals surface area contributed by atoms with Crippen LogP contribution in [-0.4, -0.2) is 122 Å².